The first-order chi connectivity index (χ1) is 15.1. The van der Waals surface area contributed by atoms with Crippen molar-refractivity contribution in [2.45, 2.75) is 25.9 Å². The van der Waals surface area contributed by atoms with Gasteiger partial charge in [0.15, 0.2) is 0 Å². The molecule has 4 rings (SSSR count). The quantitative estimate of drug-likeness (QED) is 0.413. The van der Waals surface area contributed by atoms with Crippen molar-refractivity contribution in [3.05, 3.63) is 42.1 Å². The van der Waals surface area contributed by atoms with E-state index in [0.29, 0.717) is 41.1 Å². The Kier molecular flexibility index (Phi) is 5.96. The maximum Gasteiger partial charge on any atom is 0.339 e. The molecule has 1 saturated carbocycles. The predicted molar refractivity (Wildman–Crippen MR) is 107 cm³/mol. The summed E-state index contributed by atoms with van der Waals surface area (Å²) in [4.78, 5) is 35.9. The Balaban J connectivity index is 1.41. The molecule has 0 N–H and O–H groups in total. The van der Waals surface area contributed by atoms with E-state index in [4.69, 9.17) is 19.0 Å². The average Bonchev–Trinajstić information content (AvgIpc) is 3.45. The van der Waals surface area contributed by atoms with Gasteiger partial charge in [0.25, 0.3) is 0 Å². The molecule has 10 heteroatoms. The zero-order valence-electron chi connectivity index (χ0n) is 17.2. The van der Waals surface area contributed by atoms with E-state index in [2.05, 4.69) is 15.3 Å². The largest absolute Gasteiger partial charge is 0.497 e. The molecule has 162 valence electrons. The Bertz CT molecular complexity index is 1100. The molecular formula is C21H22N4O6. The summed E-state index contributed by atoms with van der Waals surface area (Å²) in [5.74, 6) is -1.01. The SMILES string of the molecule is COc1ccc(COC(=O)C2CCC[C@H]2C(=O)On2nnc3cccnc32)c(OC)c1. The molecule has 1 aliphatic rings. The first-order valence-electron chi connectivity index (χ1n) is 9.87. The second-order valence-electron chi connectivity index (χ2n) is 7.15. The average molecular weight is 426 g/mol. The lowest BCUT2D eigenvalue weighted by atomic mass is 9.96. The smallest absolute Gasteiger partial charge is 0.339 e. The van der Waals surface area contributed by atoms with E-state index in [0.717, 1.165) is 11.3 Å². The number of pyridine rings is 1. The first kappa shape index (κ1) is 20.6. The number of carbonyl (C=O) groups excluding carboxylic acids is 2. The summed E-state index contributed by atoms with van der Waals surface area (Å²) in [6, 6.07) is 8.67. The Labute approximate surface area is 178 Å². The van der Waals surface area contributed by atoms with Crippen molar-refractivity contribution >= 4 is 23.1 Å². The van der Waals surface area contributed by atoms with Crippen LogP contribution >= 0.6 is 0 Å². The summed E-state index contributed by atoms with van der Waals surface area (Å²) in [5, 5.41) is 7.71. The van der Waals surface area contributed by atoms with Crippen LogP contribution in [0.4, 0.5) is 0 Å². The van der Waals surface area contributed by atoms with Crippen LogP contribution in [-0.2, 0) is 20.9 Å². The number of nitrogens with zero attached hydrogens (tertiary/aromatic N) is 4. The minimum atomic E-state index is -0.617. The van der Waals surface area contributed by atoms with Crippen LogP contribution in [0, 0.1) is 11.8 Å². The lowest BCUT2D eigenvalue weighted by Crippen LogP contribution is -2.33. The highest BCUT2D eigenvalue weighted by Crippen LogP contribution is 2.34. The normalized spacial score (nSPS) is 18.0. The van der Waals surface area contributed by atoms with E-state index in [1.165, 1.54) is 7.11 Å². The zero-order chi connectivity index (χ0) is 21.8. The minimum Gasteiger partial charge on any atom is -0.497 e. The van der Waals surface area contributed by atoms with Gasteiger partial charge in [-0.25, -0.2) is 9.78 Å². The molecule has 2 aromatic heterocycles. The maximum atomic E-state index is 12.7. The van der Waals surface area contributed by atoms with Crippen LogP contribution in [0.25, 0.3) is 11.2 Å². The highest BCUT2D eigenvalue weighted by Gasteiger charge is 2.40. The van der Waals surface area contributed by atoms with Crippen LogP contribution < -0.4 is 14.3 Å². The third-order valence-electron chi connectivity index (χ3n) is 5.34. The van der Waals surface area contributed by atoms with Crippen LogP contribution in [0.2, 0.25) is 0 Å². The van der Waals surface area contributed by atoms with E-state index in [-0.39, 0.29) is 6.61 Å². The van der Waals surface area contributed by atoms with Crippen molar-refractivity contribution < 1.29 is 28.6 Å². The number of rotatable bonds is 7. The summed E-state index contributed by atoms with van der Waals surface area (Å²) in [5.41, 5.74) is 1.54. The highest BCUT2D eigenvalue weighted by atomic mass is 16.7. The predicted octanol–water partition coefficient (Wildman–Crippen LogP) is 1.96. The van der Waals surface area contributed by atoms with Gasteiger partial charge in [-0.2, -0.15) is 0 Å². The van der Waals surface area contributed by atoms with Crippen molar-refractivity contribution in [1.82, 2.24) is 20.1 Å². The van der Waals surface area contributed by atoms with Crippen LogP contribution in [0.5, 0.6) is 11.5 Å². The van der Waals surface area contributed by atoms with E-state index < -0.39 is 23.8 Å². The Hall–Kier alpha value is -3.69. The van der Waals surface area contributed by atoms with Crippen molar-refractivity contribution in [2.75, 3.05) is 14.2 Å². The van der Waals surface area contributed by atoms with Gasteiger partial charge < -0.3 is 19.0 Å². The van der Waals surface area contributed by atoms with Gasteiger partial charge in [0.2, 0.25) is 5.65 Å². The number of benzene rings is 1. The fourth-order valence-corrected chi connectivity index (χ4v) is 3.71. The molecule has 1 unspecified atom stereocenters. The molecule has 2 heterocycles. The fraction of sp³-hybridized carbons (Fsp3) is 0.381. The molecule has 0 spiro atoms. The topological polar surface area (TPSA) is 115 Å². The lowest BCUT2D eigenvalue weighted by Gasteiger charge is -2.17. The van der Waals surface area contributed by atoms with E-state index in [1.807, 2.05) is 0 Å². The second-order valence-corrected chi connectivity index (χ2v) is 7.15. The lowest BCUT2D eigenvalue weighted by molar-refractivity contribution is -0.161. The van der Waals surface area contributed by atoms with E-state index in [1.54, 1.807) is 43.6 Å². The molecule has 0 amide bonds. The summed E-state index contributed by atoms with van der Waals surface area (Å²) < 4.78 is 16.0. The van der Waals surface area contributed by atoms with Gasteiger partial charge in [-0.05, 0) is 47.2 Å². The molecule has 0 saturated heterocycles. The highest BCUT2D eigenvalue weighted by molar-refractivity contribution is 5.83. The van der Waals surface area contributed by atoms with Crippen molar-refractivity contribution in [1.29, 1.82) is 0 Å². The maximum absolute atomic E-state index is 12.7. The molecule has 1 aliphatic carbocycles. The number of carbonyl (C=O) groups is 2. The Morgan fingerprint density at radius 3 is 2.68 bits per heavy atom. The molecule has 2 atom stereocenters. The van der Waals surface area contributed by atoms with Crippen molar-refractivity contribution in [3.63, 3.8) is 0 Å². The third kappa shape index (κ3) is 4.27. The number of hydrogen-bond acceptors (Lipinski definition) is 9. The minimum absolute atomic E-state index is 0.0297. The molecule has 1 fully saturated rings. The number of esters is 1. The fourth-order valence-electron chi connectivity index (χ4n) is 3.71. The summed E-state index contributed by atoms with van der Waals surface area (Å²) >= 11 is 0. The molecule has 31 heavy (non-hydrogen) atoms. The second kappa shape index (κ2) is 8.99. The van der Waals surface area contributed by atoms with E-state index >= 15 is 0 Å². The van der Waals surface area contributed by atoms with Gasteiger partial charge in [-0.3, -0.25) is 4.79 Å². The summed E-state index contributed by atoms with van der Waals surface area (Å²) in [6.07, 6.45) is 3.36. The Morgan fingerprint density at radius 1 is 1.10 bits per heavy atom. The van der Waals surface area contributed by atoms with Gasteiger partial charge in [0.1, 0.15) is 23.6 Å². The molecular weight excluding hydrogens is 404 g/mol. The van der Waals surface area contributed by atoms with Crippen molar-refractivity contribution in [3.8, 4) is 11.5 Å². The van der Waals surface area contributed by atoms with Crippen LogP contribution in [-0.4, -0.2) is 46.3 Å². The number of hydrogen-bond donors (Lipinski definition) is 0. The first-order valence-corrected chi connectivity index (χ1v) is 9.87. The molecule has 0 bridgehead atoms. The number of aromatic nitrogens is 4. The summed E-state index contributed by atoms with van der Waals surface area (Å²) in [6.45, 7) is 0.0297. The molecule has 1 aromatic carbocycles. The molecule has 0 radical (unpaired) electrons. The monoisotopic (exact) mass is 426 g/mol. The van der Waals surface area contributed by atoms with Gasteiger partial charge in [0.05, 0.1) is 26.1 Å². The molecule has 3 aromatic rings. The third-order valence-corrected chi connectivity index (χ3v) is 5.34. The van der Waals surface area contributed by atoms with Gasteiger partial charge >= 0.3 is 11.9 Å². The zero-order valence-corrected chi connectivity index (χ0v) is 17.2. The molecule has 0 aliphatic heterocycles. The Morgan fingerprint density at radius 2 is 1.90 bits per heavy atom. The standard InChI is InChI=1S/C21H22N4O6/c1-28-14-9-8-13(18(11-14)29-2)12-30-20(26)15-5-3-6-16(15)21(27)31-25-19-17(23-24-25)7-4-10-22-19/h4,7-11,15-16H,3,5-6,12H2,1-2H3/t15?,16-/m1/s1. The number of fused-ring (bicyclic) bond motifs is 1. The van der Waals surface area contributed by atoms with Gasteiger partial charge in [-0.15, -0.1) is 5.10 Å². The van der Waals surface area contributed by atoms with Gasteiger partial charge in [-0.1, -0.05) is 6.42 Å². The number of ether oxygens (including phenoxy) is 3. The van der Waals surface area contributed by atoms with E-state index in [9.17, 15) is 9.59 Å². The van der Waals surface area contributed by atoms with Gasteiger partial charge in [0, 0.05) is 17.8 Å². The molecule has 10 nitrogen and oxygen atoms in total. The van der Waals surface area contributed by atoms with Crippen molar-refractivity contribution in [2.24, 2.45) is 11.8 Å². The summed E-state index contributed by atoms with van der Waals surface area (Å²) in [7, 11) is 3.10. The van der Waals surface area contributed by atoms with Crippen LogP contribution in [0.3, 0.4) is 0 Å². The van der Waals surface area contributed by atoms with Crippen LogP contribution in [0.1, 0.15) is 24.8 Å². The number of methoxy groups -OCH3 is 2. The van der Waals surface area contributed by atoms with Crippen LogP contribution in [0.15, 0.2) is 36.5 Å².